The summed E-state index contributed by atoms with van der Waals surface area (Å²) < 4.78 is 5.34. The lowest BCUT2D eigenvalue weighted by molar-refractivity contribution is 0.0472. The van der Waals surface area contributed by atoms with E-state index >= 15 is 0 Å². The topological polar surface area (TPSA) is 70.0 Å². The quantitative estimate of drug-likeness (QED) is 0.687. The molecule has 0 bridgehead atoms. The van der Waals surface area contributed by atoms with Crippen LogP contribution in [0, 0.1) is 0 Å². The smallest absolute Gasteiger partial charge is 0.338 e. The molecule has 0 fully saturated rings. The SMILES string of the molecule is O=C(OCc1ccccc1)c1cccc(CN(CCO)CCO)c1. The van der Waals surface area contributed by atoms with Gasteiger partial charge in [-0.05, 0) is 23.3 Å². The van der Waals surface area contributed by atoms with E-state index in [0.717, 1.165) is 11.1 Å². The van der Waals surface area contributed by atoms with E-state index in [4.69, 9.17) is 14.9 Å². The molecule has 0 radical (unpaired) electrons. The van der Waals surface area contributed by atoms with Gasteiger partial charge in [0.2, 0.25) is 0 Å². The summed E-state index contributed by atoms with van der Waals surface area (Å²) in [6, 6.07) is 16.8. The Bertz CT molecular complexity index is 624. The minimum atomic E-state index is -0.364. The van der Waals surface area contributed by atoms with Crippen LogP contribution in [0.2, 0.25) is 0 Å². The third-order valence-corrected chi connectivity index (χ3v) is 3.61. The monoisotopic (exact) mass is 329 g/mol. The van der Waals surface area contributed by atoms with Crippen LogP contribution < -0.4 is 0 Å². The Morgan fingerprint density at radius 2 is 1.58 bits per heavy atom. The van der Waals surface area contributed by atoms with E-state index < -0.39 is 0 Å². The van der Waals surface area contributed by atoms with Gasteiger partial charge in [0.15, 0.2) is 0 Å². The molecule has 0 spiro atoms. The molecule has 2 aromatic carbocycles. The van der Waals surface area contributed by atoms with Gasteiger partial charge in [0.25, 0.3) is 0 Å². The summed E-state index contributed by atoms with van der Waals surface area (Å²) in [6.07, 6.45) is 0. The van der Waals surface area contributed by atoms with E-state index in [1.165, 1.54) is 0 Å². The number of esters is 1. The van der Waals surface area contributed by atoms with E-state index in [2.05, 4.69) is 0 Å². The van der Waals surface area contributed by atoms with Crippen molar-refractivity contribution in [2.75, 3.05) is 26.3 Å². The summed E-state index contributed by atoms with van der Waals surface area (Å²) in [6.45, 7) is 1.80. The minimum absolute atomic E-state index is 0.0266. The van der Waals surface area contributed by atoms with E-state index in [9.17, 15) is 4.79 Å². The Morgan fingerprint density at radius 3 is 2.25 bits per heavy atom. The molecule has 0 aliphatic heterocycles. The van der Waals surface area contributed by atoms with Gasteiger partial charge in [-0.15, -0.1) is 0 Å². The minimum Gasteiger partial charge on any atom is -0.457 e. The van der Waals surface area contributed by atoms with Gasteiger partial charge in [0.1, 0.15) is 6.61 Å². The van der Waals surface area contributed by atoms with Gasteiger partial charge < -0.3 is 14.9 Å². The van der Waals surface area contributed by atoms with Crippen molar-refractivity contribution < 1.29 is 19.7 Å². The summed E-state index contributed by atoms with van der Waals surface area (Å²) in [5.41, 5.74) is 2.38. The summed E-state index contributed by atoms with van der Waals surface area (Å²) in [4.78, 5) is 14.1. The number of carbonyl (C=O) groups is 1. The molecule has 128 valence electrons. The number of carbonyl (C=O) groups excluding carboxylic acids is 1. The number of rotatable bonds is 9. The molecule has 0 atom stereocenters. The van der Waals surface area contributed by atoms with E-state index in [0.29, 0.717) is 25.2 Å². The summed E-state index contributed by atoms with van der Waals surface area (Å²) in [5, 5.41) is 18.1. The van der Waals surface area contributed by atoms with E-state index in [1.807, 2.05) is 47.4 Å². The molecule has 2 N–H and O–H groups in total. The Morgan fingerprint density at radius 1 is 0.917 bits per heavy atom. The molecule has 0 aromatic heterocycles. The van der Waals surface area contributed by atoms with Crippen LogP contribution in [-0.2, 0) is 17.9 Å². The molecule has 0 aliphatic rings. The van der Waals surface area contributed by atoms with Gasteiger partial charge in [-0.3, -0.25) is 4.90 Å². The summed E-state index contributed by atoms with van der Waals surface area (Å²) in [5.74, 6) is -0.364. The van der Waals surface area contributed by atoms with Crippen LogP contribution in [0.15, 0.2) is 54.6 Å². The molecule has 0 aliphatic carbocycles. The van der Waals surface area contributed by atoms with Crippen molar-refractivity contribution in [2.45, 2.75) is 13.2 Å². The van der Waals surface area contributed by atoms with Gasteiger partial charge >= 0.3 is 5.97 Å². The van der Waals surface area contributed by atoms with Crippen molar-refractivity contribution in [3.05, 3.63) is 71.3 Å². The number of benzene rings is 2. The highest BCUT2D eigenvalue weighted by Gasteiger charge is 2.10. The van der Waals surface area contributed by atoms with Gasteiger partial charge in [0, 0.05) is 19.6 Å². The van der Waals surface area contributed by atoms with Crippen LogP contribution in [0.5, 0.6) is 0 Å². The van der Waals surface area contributed by atoms with Gasteiger partial charge in [0.05, 0.1) is 18.8 Å². The van der Waals surface area contributed by atoms with Gasteiger partial charge in [-0.25, -0.2) is 4.79 Å². The molecule has 0 saturated carbocycles. The Balaban J connectivity index is 1.96. The standard InChI is InChI=1S/C19H23NO4/c21-11-9-20(10-12-22)14-17-7-4-8-18(13-17)19(23)24-15-16-5-2-1-3-6-16/h1-8,13,21-22H,9-12,14-15H2. The Hall–Kier alpha value is -2.21. The first-order chi connectivity index (χ1) is 11.7. The van der Waals surface area contributed by atoms with Crippen molar-refractivity contribution in [1.82, 2.24) is 4.90 Å². The van der Waals surface area contributed by atoms with Crippen molar-refractivity contribution in [2.24, 2.45) is 0 Å². The van der Waals surface area contributed by atoms with Crippen LogP contribution in [-0.4, -0.2) is 47.4 Å². The second-order valence-electron chi connectivity index (χ2n) is 5.49. The highest BCUT2D eigenvalue weighted by Crippen LogP contribution is 2.11. The summed E-state index contributed by atoms with van der Waals surface area (Å²) in [7, 11) is 0. The highest BCUT2D eigenvalue weighted by atomic mass is 16.5. The third-order valence-electron chi connectivity index (χ3n) is 3.61. The number of hydrogen-bond donors (Lipinski definition) is 2. The predicted octanol–water partition coefficient (Wildman–Crippen LogP) is 1.83. The number of ether oxygens (including phenoxy) is 1. The lowest BCUT2D eigenvalue weighted by Gasteiger charge is -2.20. The van der Waals surface area contributed by atoms with Crippen molar-refractivity contribution >= 4 is 5.97 Å². The van der Waals surface area contributed by atoms with Crippen LogP contribution in [0.3, 0.4) is 0 Å². The molecule has 5 nitrogen and oxygen atoms in total. The van der Waals surface area contributed by atoms with E-state index in [1.54, 1.807) is 12.1 Å². The zero-order valence-corrected chi connectivity index (χ0v) is 13.6. The van der Waals surface area contributed by atoms with Crippen molar-refractivity contribution in [3.8, 4) is 0 Å². The fraction of sp³-hybridized carbons (Fsp3) is 0.316. The zero-order chi connectivity index (χ0) is 17.2. The number of hydrogen-bond acceptors (Lipinski definition) is 5. The van der Waals surface area contributed by atoms with Crippen LogP contribution in [0.1, 0.15) is 21.5 Å². The van der Waals surface area contributed by atoms with Crippen LogP contribution in [0.4, 0.5) is 0 Å². The largest absolute Gasteiger partial charge is 0.457 e. The highest BCUT2D eigenvalue weighted by molar-refractivity contribution is 5.89. The Labute approximate surface area is 142 Å². The Kier molecular flexibility index (Phi) is 7.42. The van der Waals surface area contributed by atoms with Crippen LogP contribution >= 0.6 is 0 Å². The molecule has 5 heteroatoms. The maximum absolute atomic E-state index is 12.2. The lowest BCUT2D eigenvalue weighted by atomic mass is 10.1. The molecular formula is C19H23NO4. The van der Waals surface area contributed by atoms with Crippen molar-refractivity contribution in [1.29, 1.82) is 0 Å². The fourth-order valence-corrected chi connectivity index (χ4v) is 2.41. The third kappa shape index (κ3) is 5.77. The molecule has 0 heterocycles. The first kappa shape index (κ1) is 18.1. The number of aliphatic hydroxyl groups excluding tert-OH is 2. The average Bonchev–Trinajstić information content (AvgIpc) is 2.61. The maximum atomic E-state index is 12.2. The molecule has 2 aromatic rings. The first-order valence-electron chi connectivity index (χ1n) is 7.97. The average molecular weight is 329 g/mol. The summed E-state index contributed by atoms with van der Waals surface area (Å²) >= 11 is 0. The molecule has 2 rings (SSSR count). The first-order valence-corrected chi connectivity index (χ1v) is 7.97. The second-order valence-corrected chi connectivity index (χ2v) is 5.49. The molecule has 24 heavy (non-hydrogen) atoms. The predicted molar refractivity (Wildman–Crippen MR) is 91.5 cm³/mol. The fourth-order valence-electron chi connectivity index (χ4n) is 2.41. The second kappa shape index (κ2) is 9.82. The molecular weight excluding hydrogens is 306 g/mol. The maximum Gasteiger partial charge on any atom is 0.338 e. The molecule has 0 amide bonds. The normalized spacial score (nSPS) is 10.8. The van der Waals surface area contributed by atoms with E-state index in [-0.39, 0.29) is 25.8 Å². The molecule has 0 saturated heterocycles. The zero-order valence-electron chi connectivity index (χ0n) is 13.6. The molecule has 0 unspecified atom stereocenters. The van der Waals surface area contributed by atoms with Crippen LogP contribution in [0.25, 0.3) is 0 Å². The van der Waals surface area contributed by atoms with Gasteiger partial charge in [-0.1, -0.05) is 42.5 Å². The number of aliphatic hydroxyl groups is 2. The van der Waals surface area contributed by atoms with Crippen molar-refractivity contribution in [3.63, 3.8) is 0 Å². The van der Waals surface area contributed by atoms with Gasteiger partial charge in [-0.2, -0.15) is 0 Å². The number of nitrogens with zero attached hydrogens (tertiary/aromatic N) is 1. The lowest BCUT2D eigenvalue weighted by Crippen LogP contribution is -2.29.